The average molecular weight is 287 g/mol. The third-order valence-electron chi connectivity index (χ3n) is 2.89. The number of thioether (sulfide) groups is 1. The summed E-state index contributed by atoms with van der Waals surface area (Å²) in [5, 5.41) is 11.9. The van der Waals surface area contributed by atoms with Gasteiger partial charge in [-0.1, -0.05) is 24.3 Å². The van der Waals surface area contributed by atoms with Gasteiger partial charge in [0.25, 0.3) is 5.91 Å². The lowest BCUT2D eigenvalue weighted by Gasteiger charge is -2.07. The van der Waals surface area contributed by atoms with Crippen LogP contribution in [0.5, 0.6) is 0 Å². The summed E-state index contributed by atoms with van der Waals surface area (Å²) in [6.45, 7) is -0.0346. The van der Waals surface area contributed by atoms with Crippen LogP contribution in [0.25, 0.3) is 0 Å². The molecule has 0 bridgehead atoms. The number of benzene rings is 2. The van der Waals surface area contributed by atoms with Crippen molar-refractivity contribution in [3.63, 3.8) is 0 Å². The zero-order chi connectivity index (χ0) is 14.4. The summed E-state index contributed by atoms with van der Waals surface area (Å²) in [5.74, 6) is 0.802. The van der Waals surface area contributed by atoms with Crippen molar-refractivity contribution in [2.45, 2.75) is 12.4 Å². The molecule has 0 aromatic heterocycles. The predicted octanol–water partition coefficient (Wildman–Crippen LogP) is 3.29. The minimum atomic E-state index is -0.143. The number of amides is 1. The maximum atomic E-state index is 12.1. The lowest BCUT2D eigenvalue weighted by Crippen LogP contribution is -2.12. The van der Waals surface area contributed by atoms with Crippen molar-refractivity contribution in [2.24, 2.45) is 0 Å². The van der Waals surface area contributed by atoms with Crippen LogP contribution in [0.3, 0.4) is 0 Å². The summed E-state index contributed by atoms with van der Waals surface area (Å²) in [5.41, 5.74) is 3.30. The topological polar surface area (TPSA) is 49.3 Å². The Kier molecular flexibility index (Phi) is 5.21. The molecule has 2 aromatic carbocycles. The molecule has 0 unspecified atom stereocenters. The number of nitrogens with one attached hydrogen (secondary N) is 1. The van der Waals surface area contributed by atoms with Gasteiger partial charge < -0.3 is 10.4 Å². The van der Waals surface area contributed by atoms with Crippen molar-refractivity contribution < 1.29 is 9.90 Å². The van der Waals surface area contributed by atoms with Crippen LogP contribution in [0.2, 0.25) is 0 Å². The second-order valence-electron chi connectivity index (χ2n) is 4.44. The third kappa shape index (κ3) is 3.85. The maximum absolute atomic E-state index is 12.1. The first-order chi connectivity index (χ1) is 9.72. The highest BCUT2D eigenvalue weighted by Crippen LogP contribution is 2.14. The van der Waals surface area contributed by atoms with Gasteiger partial charge in [-0.2, -0.15) is 11.8 Å². The monoisotopic (exact) mass is 287 g/mol. The first-order valence-corrected chi connectivity index (χ1v) is 7.71. The van der Waals surface area contributed by atoms with E-state index in [4.69, 9.17) is 5.11 Å². The Morgan fingerprint density at radius 1 is 1.15 bits per heavy atom. The first-order valence-electron chi connectivity index (χ1n) is 6.32. The highest BCUT2D eigenvalue weighted by molar-refractivity contribution is 7.97. The molecule has 2 aromatic rings. The van der Waals surface area contributed by atoms with Crippen LogP contribution in [0.4, 0.5) is 5.69 Å². The van der Waals surface area contributed by atoms with Crippen molar-refractivity contribution >= 4 is 23.4 Å². The molecule has 0 aliphatic carbocycles. The molecule has 1 amide bonds. The zero-order valence-electron chi connectivity index (χ0n) is 11.3. The molecule has 2 N–H and O–H groups in total. The van der Waals surface area contributed by atoms with Crippen molar-refractivity contribution in [3.05, 3.63) is 65.2 Å². The summed E-state index contributed by atoms with van der Waals surface area (Å²) in [7, 11) is 0. The standard InChI is InChI=1S/C16H17NO2S/c1-20-11-12-5-7-14(8-6-12)16(19)17-15-4-2-3-13(9-15)10-18/h2-9,18H,10-11H2,1H3,(H,17,19). The lowest BCUT2D eigenvalue weighted by atomic mass is 10.1. The molecule has 3 nitrogen and oxygen atoms in total. The highest BCUT2D eigenvalue weighted by atomic mass is 32.2. The molecule has 0 saturated heterocycles. The van der Waals surface area contributed by atoms with Crippen molar-refractivity contribution in [2.75, 3.05) is 11.6 Å². The van der Waals surface area contributed by atoms with Crippen LogP contribution < -0.4 is 5.32 Å². The minimum Gasteiger partial charge on any atom is -0.392 e. The van der Waals surface area contributed by atoms with Gasteiger partial charge in [-0.15, -0.1) is 0 Å². The summed E-state index contributed by atoms with van der Waals surface area (Å²) < 4.78 is 0. The van der Waals surface area contributed by atoms with E-state index in [1.165, 1.54) is 5.56 Å². The van der Waals surface area contributed by atoms with E-state index in [2.05, 4.69) is 11.6 Å². The fourth-order valence-corrected chi connectivity index (χ4v) is 2.40. The van der Waals surface area contributed by atoms with Gasteiger partial charge in [0.05, 0.1) is 6.61 Å². The molecular weight excluding hydrogens is 270 g/mol. The summed E-state index contributed by atoms with van der Waals surface area (Å²) in [6, 6.07) is 14.8. The van der Waals surface area contributed by atoms with Crippen LogP contribution in [0.1, 0.15) is 21.5 Å². The second-order valence-corrected chi connectivity index (χ2v) is 5.31. The van der Waals surface area contributed by atoms with Gasteiger partial charge in [0, 0.05) is 17.0 Å². The molecule has 0 atom stereocenters. The summed E-state index contributed by atoms with van der Waals surface area (Å²) in [6.07, 6.45) is 2.05. The second kappa shape index (κ2) is 7.12. The number of hydrogen-bond acceptors (Lipinski definition) is 3. The van der Waals surface area contributed by atoms with Gasteiger partial charge in [0.15, 0.2) is 0 Å². The largest absolute Gasteiger partial charge is 0.392 e. The van der Waals surface area contributed by atoms with Crippen LogP contribution in [0.15, 0.2) is 48.5 Å². The molecule has 4 heteroatoms. The number of aliphatic hydroxyl groups is 1. The Morgan fingerprint density at radius 2 is 1.90 bits per heavy atom. The summed E-state index contributed by atoms with van der Waals surface area (Å²) in [4.78, 5) is 12.1. The Hall–Kier alpha value is -1.78. The minimum absolute atomic E-state index is 0.0346. The normalized spacial score (nSPS) is 10.3. The Morgan fingerprint density at radius 3 is 2.55 bits per heavy atom. The molecule has 0 saturated carbocycles. The molecule has 0 heterocycles. The van der Waals surface area contributed by atoms with E-state index >= 15 is 0 Å². The van der Waals surface area contributed by atoms with Crippen LogP contribution >= 0.6 is 11.8 Å². The van der Waals surface area contributed by atoms with Gasteiger partial charge in [0.1, 0.15) is 0 Å². The zero-order valence-corrected chi connectivity index (χ0v) is 12.1. The van der Waals surface area contributed by atoms with E-state index in [0.29, 0.717) is 11.3 Å². The highest BCUT2D eigenvalue weighted by Gasteiger charge is 2.06. The Labute approximate surface area is 123 Å². The maximum Gasteiger partial charge on any atom is 0.255 e. The van der Waals surface area contributed by atoms with E-state index in [0.717, 1.165) is 11.3 Å². The quantitative estimate of drug-likeness (QED) is 0.887. The number of rotatable bonds is 5. The summed E-state index contributed by atoms with van der Waals surface area (Å²) >= 11 is 1.75. The number of aliphatic hydroxyl groups excluding tert-OH is 1. The van der Waals surface area contributed by atoms with Crippen molar-refractivity contribution in [1.82, 2.24) is 0 Å². The first kappa shape index (κ1) is 14.6. The number of hydrogen-bond donors (Lipinski definition) is 2. The smallest absolute Gasteiger partial charge is 0.255 e. The van der Waals surface area contributed by atoms with Crippen molar-refractivity contribution in [3.8, 4) is 0 Å². The Balaban J connectivity index is 2.07. The molecule has 2 rings (SSSR count). The molecule has 0 aliphatic heterocycles. The van der Waals surface area contributed by atoms with Crippen LogP contribution in [-0.4, -0.2) is 17.3 Å². The lowest BCUT2D eigenvalue weighted by molar-refractivity contribution is 0.102. The van der Waals surface area contributed by atoms with Crippen molar-refractivity contribution in [1.29, 1.82) is 0 Å². The predicted molar refractivity (Wildman–Crippen MR) is 84.0 cm³/mol. The molecule has 0 aliphatic rings. The number of anilines is 1. The van der Waals surface area contributed by atoms with Gasteiger partial charge in [-0.25, -0.2) is 0 Å². The van der Waals surface area contributed by atoms with Gasteiger partial charge in [0.2, 0.25) is 0 Å². The van der Waals surface area contributed by atoms with E-state index in [9.17, 15) is 4.79 Å². The molecule has 0 fully saturated rings. The van der Waals surface area contributed by atoms with Gasteiger partial charge >= 0.3 is 0 Å². The van der Waals surface area contributed by atoms with Crippen LogP contribution in [0, 0.1) is 0 Å². The van der Waals surface area contributed by atoms with Crippen LogP contribution in [-0.2, 0) is 12.4 Å². The SMILES string of the molecule is CSCc1ccc(C(=O)Nc2cccc(CO)c2)cc1. The van der Waals surface area contributed by atoms with E-state index in [1.54, 1.807) is 23.9 Å². The average Bonchev–Trinajstić information content (AvgIpc) is 2.48. The number of carbonyl (C=O) groups excluding carboxylic acids is 1. The third-order valence-corrected chi connectivity index (χ3v) is 3.52. The van der Waals surface area contributed by atoms with E-state index in [1.807, 2.05) is 36.4 Å². The fourth-order valence-electron chi connectivity index (χ4n) is 1.87. The van der Waals surface area contributed by atoms with Gasteiger partial charge in [-0.3, -0.25) is 4.79 Å². The molecule has 20 heavy (non-hydrogen) atoms. The molecule has 0 spiro atoms. The Bertz CT molecular complexity index is 581. The molecule has 0 radical (unpaired) electrons. The molecular formula is C16H17NO2S. The van der Waals surface area contributed by atoms with Gasteiger partial charge in [-0.05, 0) is 41.6 Å². The fraction of sp³-hybridized carbons (Fsp3) is 0.188. The number of carbonyl (C=O) groups is 1. The molecule has 104 valence electrons. The van der Waals surface area contributed by atoms with E-state index < -0.39 is 0 Å². The van der Waals surface area contributed by atoms with E-state index in [-0.39, 0.29) is 12.5 Å².